The van der Waals surface area contributed by atoms with Gasteiger partial charge in [0.2, 0.25) is 0 Å². The van der Waals surface area contributed by atoms with Gasteiger partial charge in [-0.1, -0.05) is 24.3 Å². The minimum absolute atomic E-state index is 0.133. The van der Waals surface area contributed by atoms with Gasteiger partial charge in [-0.25, -0.2) is 0 Å². The molecular formula is C16H12F5NO4. The topological polar surface area (TPSA) is 72.6 Å². The summed E-state index contributed by atoms with van der Waals surface area (Å²) in [6.45, 7) is 0. The summed E-state index contributed by atoms with van der Waals surface area (Å²) >= 11 is 0. The molecule has 2 aromatic carbocycles. The van der Waals surface area contributed by atoms with E-state index in [1.807, 2.05) is 0 Å². The molecule has 5 nitrogen and oxygen atoms in total. The summed E-state index contributed by atoms with van der Waals surface area (Å²) in [5.74, 6) is -5.59. The van der Waals surface area contributed by atoms with Crippen molar-refractivity contribution in [1.82, 2.24) is 0 Å². The van der Waals surface area contributed by atoms with Crippen molar-refractivity contribution in [2.75, 3.05) is 7.11 Å². The van der Waals surface area contributed by atoms with Gasteiger partial charge in [0.25, 0.3) is 5.69 Å². The number of nitrogens with zero attached hydrogens (tertiary/aromatic N) is 1. The molecule has 0 aliphatic rings. The molecule has 0 saturated carbocycles. The Balaban J connectivity index is 2.85. The second-order valence-electron chi connectivity index (χ2n) is 5.29. The number of para-hydroxylation sites is 1. The molecular weight excluding hydrogens is 365 g/mol. The van der Waals surface area contributed by atoms with Crippen LogP contribution in [0, 0.1) is 10.1 Å². The van der Waals surface area contributed by atoms with Crippen LogP contribution in [0.4, 0.5) is 27.6 Å². The molecule has 1 unspecified atom stereocenters. The van der Waals surface area contributed by atoms with Gasteiger partial charge in [-0.05, 0) is 23.8 Å². The Morgan fingerprint density at radius 2 is 1.54 bits per heavy atom. The van der Waals surface area contributed by atoms with Crippen LogP contribution in [0.2, 0.25) is 0 Å². The number of alkyl halides is 5. The smallest absolute Gasteiger partial charge is 0.457 e. The third-order valence-electron chi connectivity index (χ3n) is 3.81. The summed E-state index contributed by atoms with van der Waals surface area (Å²) in [4.78, 5) is 9.98. The van der Waals surface area contributed by atoms with Crippen LogP contribution in [0.5, 0.6) is 5.75 Å². The fourth-order valence-electron chi connectivity index (χ4n) is 2.48. The van der Waals surface area contributed by atoms with E-state index in [9.17, 15) is 37.2 Å². The second kappa shape index (κ2) is 6.52. The van der Waals surface area contributed by atoms with E-state index in [2.05, 4.69) is 0 Å². The first-order valence-electron chi connectivity index (χ1n) is 7.02. The van der Waals surface area contributed by atoms with Crippen LogP contribution >= 0.6 is 0 Å². The van der Waals surface area contributed by atoms with Gasteiger partial charge in [0.05, 0.1) is 17.6 Å². The lowest BCUT2D eigenvalue weighted by Gasteiger charge is -2.37. The first-order chi connectivity index (χ1) is 12.0. The Morgan fingerprint density at radius 1 is 1.00 bits per heavy atom. The highest BCUT2D eigenvalue weighted by atomic mass is 19.4. The molecule has 0 spiro atoms. The Kier molecular flexibility index (Phi) is 4.91. The van der Waals surface area contributed by atoms with E-state index >= 15 is 0 Å². The van der Waals surface area contributed by atoms with Crippen molar-refractivity contribution in [2.45, 2.75) is 17.7 Å². The molecule has 1 atom stereocenters. The first-order valence-corrected chi connectivity index (χ1v) is 7.02. The number of hydrogen-bond acceptors (Lipinski definition) is 4. The third kappa shape index (κ3) is 2.96. The molecule has 1 N–H and O–H groups in total. The number of nitro groups is 1. The largest absolute Gasteiger partial charge is 0.497 e. The van der Waals surface area contributed by atoms with Gasteiger partial charge in [-0.15, -0.1) is 0 Å². The monoisotopic (exact) mass is 377 g/mol. The predicted octanol–water partition coefficient (Wildman–Crippen LogP) is 4.04. The van der Waals surface area contributed by atoms with Crippen molar-refractivity contribution in [2.24, 2.45) is 0 Å². The van der Waals surface area contributed by atoms with Crippen molar-refractivity contribution in [1.29, 1.82) is 0 Å². The van der Waals surface area contributed by atoms with Gasteiger partial charge in [-0.3, -0.25) is 10.1 Å². The van der Waals surface area contributed by atoms with E-state index in [0.29, 0.717) is 6.07 Å². The Morgan fingerprint density at radius 3 is 2.00 bits per heavy atom. The minimum Gasteiger partial charge on any atom is -0.497 e. The Bertz CT molecular complexity index is 807. The average molecular weight is 377 g/mol. The van der Waals surface area contributed by atoms with Crippen molar-refractivity contribution in [3.8, 4) is 5.75 Å². The van der Waals surface area contributed by atoms with E-state index in [1.165, 1.54) is 7.11 Å². The van der Waals surface area contributed by atoms with E-state index in [-0.39, 0.29) is 5.75 Å². The molecule has 0 amide bonds. The van der Waals surface area contributed by atoms with Crippen LogP contribution < -0.4 is 4.74 Å². The normalized spacial score (nSPS) is 14.6. The number of aliphatic hydroxyl groups is 1. The number of benzene rings is 2. The van der Waals surface area contributed by atoms with Crippen molar-refractivity contribution in [3.05, 3.63) is 69.8 Å². The number of methoxy groups -OCH3 is 1. The number of ether oxygens (including phenoxy) is 1. The van der Waals surface area contributed by atoms with E-state index in [4.69, 9.17) is 4.74 Å². The molecule has 0 aromatic heterocycles. The maximum absolute atomic E-state index is 14.3. The molecule has 0 radical (unpaired) electrons. The van der Waals surface area contributed by atoms with Gasteiger partial charge in [0, 0.05) is 6.07 Å². The van der Waals surface area contributed by atoms with Crippen molar-refractivity contribution >= 4 is 5.69 Å². The van der Waals surface area contributed by atoms with Crippen LogP contribution in [0.15, 0.2) is 48.5 Å². The Labute approximate surface area is 143 Å². The van der Waals surface area contributed by atoms with Crippen LogP contribution in [0.3, 0.4) is 0 Å². The second-order valence-corrected chi connectivity index (χ2v) is 5.29. The molecule has 26 heavy (non-hydrogen) atoms. The summed E-state index contributed by atoms with van der Waals surface area (Å²) in [7, 11) is 1.24. The molecule has 2 rings (SSSR count). The standard InChI is InChI=1S/C16H12F5NO4/c1-26-11-8-6-10(7-9-11)14(23,15(17,18)16(19,20)21)12-4-2-3-5-13(12)22(24)25/h2-9,23H,1H3. The molecule has 0 aliphatic heterocycles. The highest BCUT2D eigenvalue weighted by Gasteiger charge is 2.72. The summed E-state index contributed by atoms with van der Waals surface area (Å²) in [6.07, 6.45) is -6.18. The van der Waals surface area contributed by atoms with Crippen LogP contribution in [0.25, 0.3) is 0 Å². The molecule has 140 valence electrons. The average Bonchev–Trinajstić information content (AvgIpc) is 2.60. The summed E-state index contributed by atoms with van der Waals surface area (Å²) in [6, 6.07) is 7.18. The van der Waals surface area contributed by atoms with Gasteiger partial charge in [0.15, 0.2) is 5.60 Å². The van der Waals surface area contributed by atoms with Crippen LogP contribution in [-0.2, 0) is 5.60 Å². The number of rotatable bonds is 5. The zero-order valence-electron chi connectivity index (χ0n) is 13.1. The lowest BCUT2D eigenvalue weighted by atomic mass is 9.79. The van der Waals surface area contributed by atoms with Crippen molar-refractivity contribution < 1.29 is 36.7 Å². The molecule has 10 heteroatoms. The molecule has 0 bridgehead atoms. The van der Waals surface area contributed by atoms with Gasteiger partial charge in [0.1, 0.15) is 5.75 Å². The summed E-state index contributed by atoms with van der Waals surface area (Å²) < 4.78 is 72.7. The predicted molar refractivity (Wildman–Crippen MR) is 80.1 cm³/mol. The van der Waals surface area contributed by atoms with Crippen LogP contribution in [0.1, 0.15) is 11.1 Å². The molecule has 0 aliphatic carbocycles. The van der Waals surface area contributed by atoms with E-state index < -0.39 is 39.4 Å². The van der Waals surface area contributed by atoms with Crippen molar-refractivity contribution in [3.63, 3.8) is 0 Å². The van der Waals surface area contributed by atoms with Gasteiger partial charge in [-0.2, -0.15) is 22.0 Å². The van der Waals surface area contributed by atoms with E-state index in [1.54, 1.807) is 0 Å². The molecule has 0 saturated heterocycles. The molecule has 0 fully saturated rings. The molecule has 2 aromatic rings. The maximum atomic E-state index is 14.3. The SMILES string of the molecule is COc1ccc(C(O)(c2ccccc2[N+](=O)[O-])C(F)(F)C(F)(F)F)cc1. The van der Waals surface area contributed by atoms with E-state index in [0.717, 1.165) is 42.5 Å². The fraction of sp³-hybridized carbons (Fsp3) is 0.250. The lowest BCUT2D eigenvalue weighted by Crippen LogP contribution is -2.55. The number of halogens is 5. The molecule has 0 heterocycles. The quantitative estimate of drug-likeness (QED) is 0.485. The highest BCUT2D eigenvalue weighted by Crippen LogP contribution is 2.53. The maximum Gasteiger partial charge on any atom is 0.457 e. The fourth-order valence-corrected chi connectivity index (χ4v) is 2.48. The zero-order valence-corrected chi connectivity index (χ0v) is 13.1. The van der Waals surface area contributed by atoms with Gasteiger partial charge < -0.3 is 9.84 Å². The summed E-state index contributed by atoms with van der Waals surface area (Å²) in [5, 5.41) is 21.7. The highest BCUT2D eigenvalue weighted by molar-refractivity contribution is 5.51. The number of hydrogen-bond donors (Lipinski definition) is 1. The third-order valence-corrected chi connectivity index (χ3v) is 3.81. The van der Waals surface area contributed by atoms with Crippen LogP contribution in [-0.4, -0.2) is 29.2 Å². The first kappa shape index (κ1) is 19.6. The number of nitro benzene ring substituents is 1. The minimum atomic E-state index is -6.18. The summed E-state index contributed by atoms with van der Waals surface area (Å²) in [5.41, 5.74) is -7.16. The zero-order chi connectivity index (χ0) is 19.8. The lowest BCUT2D eigenvalue weighted by molar-refractivity contribution is -0.389. The Hall–Kier alpha value is -2.75. The van der Waals surface area contributed by atoms with Gasteiger partial charge >= 0.3 is 12.1 Å².